The van der Waals surface area contributed by atoms with Crippen LogP contribution in [0.2, 0.25) is 5.02 Å². The van der Waals surface area contributed by atoms with Crippen molar-refractivity contribution < 1.29 is 4.39 Å². The fourth-order valence-electron chi connectivity index (χ4n) is 2.85. The van der Waals surface area contributed by atoms with E-state index in [4.69, 9.17) is 11.6 Å². The van der Waals surface area contributed by atoms with Crippen LogP contribution in [-0.4, -0.2) is 25.7 Å². The minimum absolute atomic E-state index is 0.232. The number of nitrogens with one attached hydrogen (secondary N) is 1. The fraction of sp³-hybridized carbons (Fsp3) is 0.571. The summed E-state index contributed by atoms with van der Waals surface area (Å²) in [5.74, 6) is 0.226. The first-order valence-electron chi connectivity index (χ1n) is 6.44. The molecule has 1 aliphatic heterocycles. The van der Waals surface area contributed by atoms with Gasteiger partial charge in [-0.1, -0.05) is 24.6 Å². The van der Waals surface area contributed by atoms with Crippen molar-refractivity contribution in [2.45, 2.75) is 32.4 Å². The number of hydrogen-bond donors (Lipinski definition) is 1. The Kier molecular flexibility index (Phi) is 4.13. The molecule has 0 spiro atoms. The average Bonchev–Trinajstić information content (AvgIpc) is 2.34. The maximum atomic E-state index is 14.0. The molecule has 4 heteroatoms. The third-order valence-corrected chi connectivity index (χ3v) is 4.47. The Morgan fingerprint density at radius 1 is 1.39 bits per heavy atom. The van der Waals surface area contributed by atoms with Gasteiger partial charge in [0, 0.05) is 18.6 Å². The van der Waals surface area contributed by atoms with Crippen LogP contribution in [0.15, 0.2) is 18.2 Å². The molecule has 100 valence electrons. The standard InChI is InChI=1S/C14H20ClFN2/c1-9-10(2)18(8-7-13(9)17-3)14-11(15)5-4-6-12(14)16/h4-6,9-10,13,17H,7-8H2,1-3H3. The van der Waals surface area contributed by atoms with Gasteiger partial charge >= 0.3 is 0 Å². The molecule has 1 fully saturated rings. The maximum absolute atomic E-state index is 14.0. The van der Waals surface area contributed by atoms with Gasteiger partial charge in [-0.05, 0) is 38.4 Å². The molecule has 18 heavy (non-hydrogen) atoms. The first-order chi connectivity index (χ1) is 8.56. The molecule has 1 aliphatic rings. The zero-order chi connectivity index (χ0) is 13.3. The van der Waals surface area contributed by atoms with E-state index >= 15 is 0 Å². The molecule has 1 aromatic carbocycles. The Morgan fingerprint density at radius 3 is 2.72 bits per heavy atom. The SMILES string of the molecule is CNC1CCN(c2c(F)cccc2Cl)C(C)C1C. The summed E-state index contributed by atoms with van der Waals surface area (Å²) in [5.41, 5.74) is 0.549. The Morgan fingerprint density at radius 2 is 2.11 bits per heavy atom. The van der Waals surface area contributed by atoms with Gasteiger partial charge in [-0.15, -0.1) is 0 Å². The summed E-state index contributed by atoms with van der Waals surface area (Å²) in [5, 5.41) is 3.83. The molecule has 1 N–H and O–H groups in total. The molecule has 0 saturated carbocycles. The Labute approximate surface area is 113 Å². The van der Waals surface area contributed by atoms with Crippen molar-refractivity contribution in [2.75, 3.05) is 18.5 Å². The second kappa shape index (κ2) is 5.45. The molecule has 0 aromatic heterocycles. The lowest BCUT2D eigenvalue weighted by atomic mass is 9.86. The van der Waals surface area contributed by atoms with Crippen LogP contribution in [-0.2, 0) is 0 Å². The van der Waals surface area contributed by atoms with Crippen LogP contribution in [0.1, 0.15) is 20.3 Å². The van der Waals surface area contributed by atoms with E-state index in [9.17, 15) is 4.39 Å². The Balaban J connectivity index is 2.29. The van der Waals surface area contributed by atoms with Crippen LogP contribution in [0.5, 0.6) is 0 Å². The predicted octanol–water partition coefficient (Wildman–Crippen LogP) is 3.30. The van der Waals surface area contributed by atoms with Crippen LogP contribution in [0.4, 0.5) is 10.1 Å². The number of halogens is 2. The molecule has 1 aromatic rings. The van der Waals surface area contributed by atoms with Crippen LogP contribution in [0.25, 0.3) is 0 Å². The highest BCUT2D eigenvalue weighted by Crippen LogP contribution is 2.35. The Hall–Kier alpha value is -0.800. The lowest BCUT2D eigenvalue weighted by Gasteiger charge is -2.44. The minimum atomic E-state index is -0.232. The zero-order valence-corrected chi connectivity index (χ0v) is 11.8. The summed E-state index contributed by atoms with van der Waals surface area (Å²) < 4.78 is 14.0. The van der Waals surface area contributed by atoms with E-state index in [-0.39, 0.29) is 11.9 Å². The molecule has 1 heterocycles. The highest BCUT2D eigenvalue weighted by atomic mass is 35.5. The van der Waals surface area contributed by atoms with Gasteiger partial charge in [0.2, 0.25) is 0 Å². The van der Waals surface area contributed by atoms with Gasteiger partial charge in [-0.25, -0.2) is 4.39 Å². The number of benzene rings is 1. The number of piperidine rings is 1. The van der Waals surface area contributed by atoms with E-state index in [0.717, 1.165) is 13.0 Å². The molecular weight excluding hydrogens is 251 g/mol. The molecule has 0 bridgehead atoms. The normalized spacial score (nSPS) is 28.5. The van der Waals surface area contributed by atoms with E-state index in [1.165, 1.54) is 6.07 Å². The molecule has 3 unspecified atom stereocenters. The topological polar surface area (TPSA) is 15.3 Å². The third-order valence-electron chi connectivity index (χ3n) is 4.16. The largest absolute Gasteiger partial charge is 0.365 e. The maximum Gasteiger partial charge on any atom is 0.148 e. The lowest BCUT2D eigenvalue weighted by molar-refractivity contribution is 0.281. The number of anilines is 1. The van der Waals surface area contributed by atoms with Crippen LogP contribution in [0.3, 0.4) is 0 Å². The van der Waals surface area contributed by atoms with Gasteiger partial charge in [0.1, 0.15) is 5.82 Å². The lowest BCUT2D eigenvalue weighted by Crippen LogP contribution is -2.53. The molecule has 0 aliphatic carbocycles. The quantitative estimate of drug-likeness (QED) is 0.887. The summed E-state index contributed by atoms with van der Waals surface area (Å²) >= 11 is 6.15. The van der Waals surface area contributed by atoms with E-state index in [1.54, 1.807) is 12.1 Å². The molecular formula is C14H20ClFN2. The van der Waals surface area contributed by atoms with Crippen LogP contribution < -0.4 is 10.2 Å². The summed E-state index contributed by atoms with van der Waals surface area (Å²) in [6.07, 6.45) is 1.01. The highest BCUT2D eigenvalue weighted by Gasteiger charge is 2.33. The molecule has 0 amide bonds. The van der Waals surface area contributed by atoms with Crippen molar-refractivity contribution in [3.63, 3.8) is 0 Å². The highest BCUT2D eigenvalue weighted by molar-refractivity contribution is 6.33. The molecule has 2 nitrogen and oxygen atoms in total. The summed E-state index contributed by atoms with van der Waals surface area (Å²) in [6.45, 7) is 5.17. The van der Waals surface area contributed by atoms with Gasteiger partial charge in [-0.3, -0.25) is 0 Å². The van der Waals surface area contributed by atoms with Crippen molar-refractivity contribution in [3.8, 4) is 0 Å². The van der Waals surface area contributed by atoms with E-state index in [1.807, 2.05) is 7.05 Å². The minimum Gasteiger partial charge on any atom is -0.365 e. The van der Waals surface area contributed by atoms with Gasteiger partial charge in [0.15, 0.2) is 0 Å². The smallest absolute Gasteiger partial charge is 0.148 e. The number of nitrogens with zero attached hydrogens (tertiary/aromatic N) is 1. The fourth-order valence-corrected chi connectivity index (χ4v) is 3.12. The molecule has 0 radical (unpaired) electrons. The van der Waals surface area contributed by atoms with Crippen LogP contribution >= 0.6 is 11.6 Å². The molecule has 1 saturated heterocycles. The second-order valence-electron chi connectivity index (χ2n) is 5.05. The number of hydrogen-bond acceptors (Lipinski definition) is 2. The monoisotopic (exact) mass is 270 g/mol. The first kappa shape index (κ1) is 13.6. The van der Waals surface area contributed by atoms with Crippen molar-refractivity contribution in [1.82, 2.24) is 5.32 Å². The second-order valence-corrected chi connectivity index (χ2v) is 5.45. The zero-order valence-electron chi connectivity index (χ0n) is 11.1. The number of para-hydroxylation sites is 1. The predicted molar refractivity (Wildman–Crippen MR) is 74.8 cm³/mol. The van der Waals surface area contributed by atoms with E-state index < -0.39 is 0 Å². The summed E-state index contributed by atoms with van der Waals surface area (Å²) in [6, 6.07) is 5.63. The van der Waals surface area contributed by atoms with E-state index in [2.05, 4.69) is 24.1 Å². The van der Waals surface area contributed by atoms with Crippen molar-refractivity contribution >= 4 is 17.3 Å². The Bertz CT molecular complexity index is 404. The van der Waals surface area contributed by atoms with Crippen LogP contribution in [0, 0.1) is 11.7 Å². The summed E-state index contributed by atoms with van der Waals surface area (Å²) in [7, 11) is 1.99. The molecule has 2 rings (SSSR count). The number of rotatable bonds is 2. The molecule has 3 atom stereocenters. The van der Waals surface area contributed by atoms with Gasteiger partial charge in [-0.2, -0.15) is 0 Å². The first-order valence-corrected chi connectivity index (χ1v) is 6.82. The van der Waals surface area contributed by atoms with Crippen molar-refractivity contribution in [2.24, 2.45) is 5.92 Å². The van der Waals surface area contributed by atoms with Gasteiger partial charge in [0.25, 0.3) is 0 Å². The van der Waals surface area contributed by atoms with Gasteiger partial charge in [0.05, 0.1) is 10.7 Å². The summed E-state index contributed by atoms with van der Waals surface area (Å²) in [4.78, 5) is 2.09. The third kappa shape index (κ3) is 2.34. The van der Waals surface area contributed by atoms with E-state index in [0.29, 0.717) is 22.7 Å². The van der Waals surface area contributed by atoms with Crippen molar-refractivity contribution in [3.05, 3.63) is 29.0 Å². The van der Waals surface area contributed by atoms with Gasteiger partial charge < -0.3 is 10.2 Å². The average molecular weight is 271 g/mol. The van der Waals surface area contributed by atoms with Crippen molar-refractivity contribution in [1.29, 1.82) is 0 Å².